The fraction of sp³-hybridized carbons (Fsp3) is 0.235. The molecule has 0 aliphatic carbocycles. The first-order valence-corrected chi connectivity index (χ1v) is 10.1. The zero-order valence-electron chi connectivity index (χ0n) is 14.1. The lowest BCUT2D eigenvalue weighted by atomic mass is 10.2. The highest BCUT2D eigenvalue weighted by Gasteiger charge is 2.24. The van der Waals surface area contributed by atoms with Crippen LogP contribution in [0.15, 0.2) is 46.7 Å². The van der Waals surface area contributed by atoms with Crippen LogP contribution in [0.3, 0.4) is 0 Å². The maximum Gasteiger partial charge on any atom is 0.243 e. The molecule has 3 aromatic rings. The molecule has 3 rings (SSSR count). The topological polar surface area (TPSA) is 64.0 Å². The van der Waals surface area contributed by atoms with E-state index < -0.39 is 26.6 Å². The molecule has 138 valence electrons. The number of benzene rings is 1. The molecule has 1 unspecified atom stereocenters. The lowest BCUT2D eigenvalue weighted by molar-refractivity contribution is 0.496. The molecule has 0 radical (unpaired) electrons. The molecule has 1 atom stereocenters. The van der Waals surface area contributed by atoms with E-state index in [1.165, 1.54) is 11.3 Å². The van der Waals surface area contributed by atoms with Crippen molar-refractivity contribution >= 4 is 21.4 Å². The van der Waals surface area contributed by atoms with Crippen molar-refractivity contribution < 1.29 is 17.2 Å². The molecule has 1 aromatic carbocycles. The number of aryl methyl sites for hydroxylation is 2. The van der Waals surface area contributed by atoms with Gasteiger partial charge in [-0.2, -0.15) is 5.10 Å². The van der Waals surface area contributed by atoms with Gasteiger partial charge in [-0.3, -0.25) is 4.68 Å². The highest BCUT2D eigenvalue weighted by atomic mass is 32.2. The van der Waals surface area contributed by atoms with Gasteiger partial charge in [0.2, 0.25) is 10.0 Å². The summed E-state index contributed by atoms with van der Waals surface area (Å²) in [6.07, 6.45) is 0. The van der Waals surface area contributed by atoms with Crippen molar-refractivity contribution in [2.24, 2.45) is 0 Å². The van der Waals surface area contributed by atoms with E-state index in [1.54, 1.807) is 4.68 Å². The van der Waals surface area contributed by atoms with Crippen molar-refractivity contribution in [3.05, 3.63) is 69.7 Å². The first-order chi connectivity index (χ1) is 12.3. The van der Waals surface area contributed by atoms with E-state index in [2.05, 4.69) is 9.82 Å². The maximum atomic E-state index is 13.9. The highest BCUT2D eigenvalue weighted by molar-refractivity contribution is 7.89. The van der Waals surface area contributed by atoms with Gasteiger partial charge in [-0.1, -0.05) is 6.07 Å². The van der Waals surface area contributed by atoms with Gasteiger partial charge in [0.1, 0.15) is 16.5 Å². The van der Waals surface area contributed by atoms with Gasteiger partial charge in [0.25, 0.3) is 0 Å². The third-order valence-electron chi connectivity index (χ3n) is 3.86. The van der Waals surface area contributed by atoms with Gasteiger partial charge in [0.05, 0.1) is 11.7 Å². The van der Waals surface area contributed by atoms with Gasteiger partial charge in [-0.15, -0.1) is 11.3 Å². The quantitative estimate of drug-likeness (QED) is 0.693. The number of halogens is 2. The molecule has 26 heavy (non-hydrogen) atoms. The van der Waals surface area contributed by atoms with Crippen LogP contribution in [0.5, 0.6) is 0 Å². The molecule has 0 amide bonds. The summed E-state index contributed by atoms with van der Waals surface area (Å²) in [6.45, 7) is 3.73. The molecule has 9 heteroatoms. The van der Waals surface area contributed by atoms with Crippen LogP contribution >= 0.6 is 11.3 Å². The smallest absolute Gasteiger partial charge is 0.243 e. The summed E-state index contributed by atoms with van der Waals surface area (Å²) < 4.78 is 56.0. The molecule has 5 nitrogen and oxygen atoms in total. The van der Waals surface area contributed by atoms with Gasteiger partial charge in [-0.05, 0) is 43.5 Å². The molecule has 2 heterocycles. The van der Waals surface area contributed by atoms with Gasteiger partial charge >= 0.3 is 0 Å². The lowest BCUT2D eigenvalue weighted by Crippen LogP contribution is -2.32. The third kappa shape index (κ3) is 3.84. The Bertz CT molecular complexity index is 1010. The largest absolute Gasteiger partial charge is 0.260 e. The molecular formula is C17H17F2N3O2S2. The molecule has 1 N–H and O–H groups in total. The van der Waals surface area contributed by atoms with E-state index in [0.717, 1.165) is 28.4 Å². The van der Waals surface area contributed by atoms with Crippen LogP contribution in [0, 0.1) is 25.5 Å². The third-order valence-corrected chi connectivity index (χ3v) is 6.29. The van der Waals surface area contributed by atoms with Crippen molar-refractivity contribution in [2.45, 2.75) is 24.8 Å². The molecule has 0 saturated heterocycles. The number of nitrogens with one attached hydrogen (secondary N) is 1. The second kappa shape index (κ2) is 7.26. The molecule has 0 aliphatic heterocycles. The monoisotopic (exact) mass is 397 g/mol. The fourth-order valence-electron chi connectivity index (χ4n) is 2.71. The Hall–Kier alpha value is -2.10. The number of thiophene rings is 1. The standard InChI is InChI=1S/C17H17F2N3O2S2/c1-11-8-12(2)22(21-11)15(16-4-3-7-25-16)10-20-26(23,24)17-6-5-13(18)9-14(17)19/h3-9,15,20H,10H2,1-2H3. The van der Waals surface area contributed by atoms with Crippen molar-refractivity contribution in [3.8, 4) is 0 Å². The van der Waals surface area contributed by atoms with Crippen LogP contribution in [0.2, 0.25) is 0 Å². The SMILES string of the molecule is Cc1cc(C)n(C(CNS(=O)(=O)c2ccc(F)cc2F)c2cccs2)n1. The Morgan fingerprint density at radius 2 is 2.00 bits per heavy atom. The van der Waals surface area contributed by atoms with Crippen LogP contribution < -0.4 is 4.72 Å². The highest BCUT2D eigenvalue weighted by Crippen LogP contribution is 2.25. The first-order valence-electron chi connectivity index (χ1n) is 7.79. The van der Waals surface area contributed by atoms with Gasteiger partial charge < -0.3 is 0 Å². The summed E-state index contributed by atoms with van der Waals surface area (Å²) in [6, 6.07) is 7.65. The van der Waals surface area contributed by atoms with Crippen LogP contribution in [0.25, 0.3) is 0 Å². The Morgan fingerprint density at radius 1 is 1.23 bits per heavy atom. The summed E-state index contributed by atoms with van der Waals surface area (Å²) >= 11 is 1.48. The van der Waals surface area contributed by atoms with E-state index in [1.807, 2.05) is 37.4 Å². The molecule has 2 aromatic heterocycles. The Balaban J connectivity index is 1.89. The first kappa shape index (κ1) is 18.7. The normalized spacial score (nSPS) is 13.1. The van der Waals surface area contributed by atoms with Crippen molar-refractivity contribution in [1.82, 2.24) is 14.5 Å². The Labute approximate surface area is 154 Å². The van der Waals surface area contributed by atoms with Crippen LogP contribution in [-0.4, -0.2) is 24.7 Å². The molecule has 0 fully saturated rings. The predicted octanol–water partition coefficient (Wildman–Crippen LogP) is 3.41. The molecule has 0 saturated carbocycles. The lowest BCUT2D eigenvalue weighted by Gasteiger charge is -2.19. The second-order valence-corrected chi connectivity index (χ2v) is 8.54. The minimum atomic E-state index is -4.14. The van der Waals surface area contributed by atoms with E-state index in [0.29, 0.717) is 6.07 Å². The Kier molecular flexibility index (Phi) is 5.22. The maximum absolute atomic E-state index is 13.9. The van der Waals surface area contributed by atoms with E-state index in [9.17, 15) is 17.2 Å². The number of nitrogens with zero attached hydrogens (tertiary/aromatic N) is 2. The van der Waals surface area contributed by atoms with Crippen LogP contribution in [-0.2, 0) is 10.0 Å². The van der Waals surface area contributed by atoms with Crippen LogP contribution in [0.1, 0.15) is 22.3 Å². The zero-order valence-corrected chi connectivity index (χ0v) is 15.7. The fourth-order valence-corrected chi connectivity index (χ4v) is 4.62. The zero-order chi connectivity index (χ0) is 18.9. The summed E-state index contributed by atoms with van der Waals surface area (Å²) in [4.78, 5) is 0.329. The average Bonchev–Trinajstić information content (AvgIpc) is 3.18. The number of aromatic nitrogens is 2. The second-order valence-electron chi connectivity index (χ2n) is 5.83. The van der Waals surface area contributed by atoms with E-state index in [-0.39, 0.29) is 12.6 Å². The van der Waals surface area contributed by atoms with Crippen molar-refractivity contribution in [2.75, 3.05) is 6.54 Å². The Morgan fingerprint density at radius 3 is 2.58 bits per heavy atom. The van der Waals surface area contributed by atoms with E-state index in [4.69, 9.17) is 0 Å². The predicted molar refractivity (Wildman–Crippen MR) is 95.7 cm³/mol. The minimum absolute atomic E-state index is 0.0123. The van der Waals surface area contributed by atoms with Crippen molar-refractivity contribution in [1.29, 1.82) is 0 Å². The summed E-state index contributed by atoms with van der Waals surface area (Å²) in [7, 11) is -4.14. The van der Waals surface area contributed by atoms with Gasteiger partial charge in [0.15, 0.2) is 0 Å². The van der Waals surface area contributed by atoms with Crippen LogP contribution in [0.4, 0.5) is 8.78 Å². The number of hydrogen-bond donors (Lipinski definition) is 1. The van der Waals surface area contributed by atoms with Crippen molar-refractivity contribution in [3.63, 3.8) is 0 Å². The van der Waals surface area contributed by atoms with Gasteiger partial charge in [0, 0.05) is 23.2 Å². The molecular weight excluding hydrogens is 380 g/mol. The van der Waals surface area contributed by atoms with E-state index >= 15 is 0 Å². The average molecular weight is 397 g/mol. The summed E-state index contributed by atoms with van der Waals surface area (Å²) in [5, 5.41) is 6.32. The molecule has 0 bridgehead atoms. The number of sulfonamides is 1. The number of hydrogen-bond acceptors (Lipinski definition) is 4. The summed E-state index contributed by atoms with van der Waals surface area (Å²) in [5.41, 5.74) is 1.70. The molecule has 0 aliphatic rings. The van der Waals surface area contributed by atoms with Gasteiger partial charge in [-0.25, -0.2) is 21.9 Å². The number of rotatable bonds is 6. The summed E-state index contributed by atoms with van der Waals surface area (Å²) in [5.74, 6) is -1.96. The molecule has 0 spiro atoms. The minimum Gasteiger partial charge on any atom is -0.260 e.